The Bertz CT molecular complexity index is 505. The molecule has 0 aromatic carbocycles. The summed E-state index contributed by atoms with van der Waals surface area (Å²) in [5.74, 6) is 5.64. The third-order valence-electron chi connectivity index (χ3n) is 2.67. The molecule has 0 aliphatic heterocycles. The Kier molecular flexibility index (Phi) is 3.83. The third kappa shape index (κ3) is 2.52. The van der Waals surface area contributed by atoms with E-state index in [1.165, 1.54) is 11.3 Å². The second-order valence-corrected chi connectivity index (χ2v) is 5.53. The lowest BCUT2D eigenvalue weighted by molar-refractivity contribution is 0.580. The molecule has 0 amide bonds. The molecule has 1 unspecified atom stereocenters. The number of nitrogens with one attached hydrogen (secondary N) is 1. The maximum Gasteiger partial charge on any atom is 0.0970 e. The highest BCUT2D eigenvalue weighted by Crippen LogP contribution is 2.30. The number of hydrazine groups is 1. The van der Waals surface area contributed by atoms with Gasteiger partial charge in [-0.1, -0.05) is 18.5 Å². The summed E-state index contributed by atoms with van der Waals surface area (Å²) in [6.07, 6.45) is 0.913. The van der Waals surface area contributed by atoms with E-state index in [2.05, 4.69) is 23.5 Å². The molecule has 0 aliphatic rings. The lowest BCUT2D eigenvalue weighted by Gasteiger charge is -2.14. The van der Waals surface area contributed by atoms with Crippen LogP contribution in [0.15, 0.2) is 18.2 Å². The molecule has 0 saturated carbocycles. The first-order valence-corrected chi connectivity index (χ1v) is 6.59. The summed E-state index contributed by atoms with van der Waals surface area (Å²) in [6, 6.07) is 5.86. The molecule has 2 aromatic heterocycles. The number of thiophene rings is 1. The Morgan fingerprint density at radius 3 is 2.82 bits per heavy atom. The highest BCUT2D eigenvalue weighted by atomic mass is 35.5. The lowest BCUT2D eigenvalue weighted by atomic mass is 10.1. The van der Waals surface area contributed by atoms with Crippen molar-refractivity contribution in [1.82, 2.24) is 15.2 Å². The fourth-order valence-corrected chi connectivity index (χ4v) is 2.92. The van der Waals surface area contributed by atoms with E-state index in [-0.39, 0.29) is 6.04 Å². The Balaban J connectivity index is 2.37. The number of halogens is 1. The number of hydrogen-bond donors (Lipinski definition) is 2. The molecule has 92 valence electrons. The zero-order valence-corrected chi connectivity index (χ0v) is 11.3. The molecule has 0 saturated heterocycles. The van der Waals surface area contributed by atoms with Crippen LogP contribution in [-0.2, 0) is 13.5 Å². The van der Waals surface area contributed by atoms with Crippen LogP contribution in [0.4, 0.5) is 0 Å². The first kappa shape index (κ1) is 12.6. The van der Waals surface area contributed by atoms with Crippen molar-refractivity contribution < 1.29 is 0 Å². The molecule has 2 heterocycles. The fourth-order valence-electron chi connectivity index (χ4n) is 1.78. The van der Waals surface area contributed by atoms with E-state index in [1.807, 2.05) is 23.9 Å². The summed E-state index contributed by atoms with van der Waals surface area (Å²) in [5.41, 5.74) is 4.92. The average Bonchev–Trinajstić information content (AvgIpc) is 2.88. The van der Waals surface area contributed by atoms with Gasteiger partial charge in [0.05, 0.1) is 21.8 Å². The molecule has 17 heavy (non-hydrogen) atoms. The molecule has 0 radical (unpaired) electrons. The van der Waals surface area contributed by atoms with E-state index in [9.17, 15) is 0 Å². The number of aromatic nitrogens is 2. The average molecular weight is 271 g/mol. The van der Waals surface area contributed by atoms with Gasteiger partial charge in [0, 0.05) is 11.9 Å². The topological polar surface area (TPSA) is 55.9 Å². The number of rotatable bonds is 4. The monoisotopic (exact) mass is 270 g/mol. The molecule has 2 aromatic rings. The zero-order chi connectivity index (χ0) is 12.4. The molecule has 0 aliphatic carbocycles. The molecule has 0 bridgehead atoms. The minimum atomic E-state index is -0.0645. The first-order valence-electron chi connectivity index (χ1n) is 5.40. The quantitative estimate of drug-likeness (QED) is 0.662. The van der Waals surface area contributed by atoms with Crippen LogP contribution in [0.25, 0.3) is 0 Å². The van der Waals surface area contributed by atoms with Gasteiger partial charge >= 0.3 is 0 Å². The molecule has 0 spiro atoms. The molecular formula is C11H15ClN4S. The second-order valence-electron chi connectivity index (χ2n) is 3.78. The standard InChI is InChI=1S/C11H15ClN4S/c1-3-7-6-8(16(2)15-7)11(14-13)9-4-5-10(12)17-9/h4-6,11,14H,3,13H2,1-2H3. The smallest absolute Gasteiger partial charge is 0.0970 e. The van der Waals surface area contributed by atoms with Crippen LogP contribution in [0.5, 0.6) is 0 Å². The minimum absolute atomic E-state index is 0.0645. The van der Waals surface area contributed by atoms with Crippen molar-refractivity contribution in [2.45, 2.75) is 19.4 Å². The predicted molar refractivity (Wildman–Crippen MR) is 71.1 cm³/mol. The predicted octanol–water partition coefficient (Wildman–Crippen LogP) is 2.25. The van der Waals surface area contributed by atoms with Gasteiger partial charge in [0.25, 0.3) is 0 Å². The summed E-state index contributed by atoms with van der Waals surface area (Å²) < 4.78 is 2.62. The van der Waals surface area contributed by atoms with Crippen LogP contribution in [0.3, 0.4) is 0 Å². The van der Waals surface area contributed by atoms with E-state index in [4.69, 9.17) is 17.4 Å². The van der Waals surface area contributed by atoms with Gasteiger partial charge in [-0.05, 0) is 24.6 Å². The van der Waals surface area contributed by atoms with Gasteiger partial charge in [0.15, 0.2) is 0 Å². The van der Waals surface area contributed by atoms with Gasteiger partial charge in [-0.3, -0.25) is 10.5 Å². The maximum absolute atomic E-state index is 5.95. The van der Waals surface area contributed by atoms with Crippen molar-refractivity contribution in [2.75, 3.05) is 0 Å². The SMILES string of the molecule is CCc1cc(C(NN)c2ccc(Cl)s2)n(C)n1. The van der Waals surface area contributed by atoms with Crippen molar-refractivity contribution in [3.05, 3.63) is 38.8 Å². The molecule has 4 nitrogen and oxygen atoms in total. The summed E-state index contributed by atoms with van der Waals surface area (Å²) in [5, 5.41) is 4.42. The van der Waals surface area contributed by atoms with Crippen LogP contribution in [0.2, 0.25) is 4.34 Å². The fraction of sp³-hybridized carbons (Fsp3) is 0.364. The van der Waals surface area contributed by atoms with E-state index >= 15 is 0 Å². The molecule has 6 heteroatoms. The van der Waals surface area contributed by atoms with Crippen molar-refractivity contribution >= 4 is 22.9 Å². The van der Waals surface area contributed by atoms with E-state index < -0.39 is 0 Å². The van der Waals surface area contributed by atoms with Crippen molar-refractivity contribution in [3.8, 4) is 0 Å². The highest BCUT2D eigenvalue weighted by Gasteiger charge is 2.19. The summed E-state index contributed by atoms with van der Waals surface area (Å²) >= 11 is 7.47. The van der Waals surface area contributed by atoms with Gasteiger partial charge < -0.3 is 0 Å². The van der Waals surface area contributed by atoms with Gasteiger partial charge in [-0.15, -0.1) is 11.3 Å². The van der Waals surface area contributed by atoms with E-state index in [0.717, 1.165) is 27.0 Å². The van der Waals surface area contributed by atoms with Gasteiger partial charge in [0.1, 0.15) is 0 Å². The number of nitrogens with two attached hydrogens (primary N) is 1. The summed E-state index contributed by atoms with van der Waals surface area (Å²) in [4.78, 5) is 1.09. The van der Waals surface area contributed by atoms with Gasteiger partial charge in [-0.25, -0.2) is 5.43 Å². The van der Waals surface area contributed by atoms with Crippen LogP contribution < -0.4 is 11.3 Å². The Labute approximate surface area is 109 Å². The Hall–Kier alpha value is -0.880. The Morgan fingerprint density at radius 2 is 2.35 bits per heavy atom. The van der Waals surface area contributed by atoms with E-state index in [0.29, 0.717) is 0 Å². The Morgan fingerprint density at radius 1 is 1.59 bits per heavy atom. The number of hydrogen-bond acceptors (Lipinski definition) is 4. The summed E-state index contributed by atoms with van der Waals surface area (Å²) in [7, 11) is 1.92. The van der Waals surface area contributed by atoms with Gasteiger partial charge in [0.2, 0.25) is 0 Å². The number of nitrogens with zero attached hydrogens (tertiary/aromatic N) is 2. The summed E-state index contributed by atoms with van der Waals surface area (Å²) in [6.45, 7) is 2.08. The minimum Gasteiger partial charge on any atom is -0.270 e. The lowest BCUT2D eigenvalue weighted by Crippen LogP contribution is -2.29. The van der Waals surface area contributed by atoms with Crippen molar-refractivity contribution in [1.29, 1.82) is 0 Å². The molecule has 1 atom stereocenters. The second kappa shape index (κ2) is 5.18. The largest absolute Gasteiger partial charge is 0.270 e. The first-order chi connectivity index (χ1) is 8.15. The molecule has 2 rings (SSSR count). The highest BCUT2D eigenvalue weighted by molar-refractivity contribution is 7.16. The third-order valence-corrected chi connectivity index (χ3v) is 3.97. The van der Waals surface area contributed by atoms with Crippen LogP contribution in [0, 0.1) is 0 Å². The van der Waals surface area contributed by atoms with Crippen LogP contribution in [-0.4, -0.2) is 9.78 Å². The van der Waals surface area contributed by atoms with Crippen molar-refractivity contribution in [2.24, 2.45) is 12.9 Å². The normalized spacial score (nSPS) is 12.9. The number of aryl methyl sites for hydroxylation is 2. The molecular weight excluding hydrogens is 256 g/mol. The zero-order valence-electron chi connectivity index (χ0n) is 9.77. The van der Waals surface area contributed by atoms with Crippen molar-refractivity contribution in [3.63, 3.8) is 0 Å². The van der Waals surface area contributed by atoms with Crippen LogP contribution >= 0.6 is 22.9 Å². The maximum atomic E-state index is 5.95. The molecule has 0 fully saturated rings. The van der Waals surface area contributed by atoms with Crippen LogP contribution in [0.1, 0.15) is 29.2 Å². The van der Waals surface area contributed by atoms with E-state index in [1.54, 1.807) is 0 Å². The molecule has 3 N–H and O–H groups in total. The van der Waals surface area contributed by atoms with Gasteiger partial charge in [-0.2, -0.15) is 5.10 Å².